The smallest absolute Gasteiger partial charge is 0.123 e. The fraction of sp³-hybridized carbons (Fsp3) is 0.647. The number of halogens is 1. The van der Waals surface area contributed by atoms with Gasteiger partial charge in [0.2, 0.25) is 0 Å². The van der Waals surface area contributed by atoms with E-state index in [2.05, 4.69) is 45.2 Å². The molecule has 1 aromatic rings. The van der Waals surface area contributed by atoms with Gasteiger partial charge in [-0.2, -0.15) is 0 Å². The molecule has 0 saturated carbocycles. The van der Waals surface area contributed by atoms with Gasteiger partial charge in [-0.15, -0.1) is 0 Å². The maximum Gasteiger partial charge on any atom is 0.123 e. The number of rotatable bonds is 9. The molecule has 4 heteroatoms. The number of ether oxygens (including phenoxy) is 1. The molecule has 0 radical (unpaired) electrons. The Bertz CT molecular complexity index is 419. The Kier molecular flexibility index (Phi) is 7.54. The molecule has 0 aliphatic carbocycles. The third kappa shape index (κ3) is 5.97. The van der Waals surface area contributed by atoms with E-state index in [4.69, 9.17) is 4.74 Å². The zero-order chi connectivity index (χ0) is 14.9. The Morgan fingerprint density at radius 2 is 2.10 bits per heavy atom. The van der Waals surface area contributed by atoms with Gasteiger partial charge in [0.15, 0.2) is 0 Å². The highest BCUT2D eigenvalue weighted by Crippen LogP contribution is 2.23. The zero-order valence-electron chi connectivity index (χ0n) is 13.0. The van der Waals surface area contributed by atoms with Crippen LogP contribution in [-0.4, -0.2) is 37.7 Å². The molecular weight excluding hydrogens is 328 g/mol. The second-order valence-corrected chi connectivity index (χ2v) is 6.60. The summed E-state index contributed by atoms with van der Waals surface area (Å²) < 4.78 is 6.92. The highest BCUT2D eigenvalue weighted by Gasteiger charge is 2.10. The van der Waals surface area contributed by atoms with Crippen LogP contribution in [0.1, 0.15) is 38.2 Å². The van der Waals surface area contributed by atoms with Crippen LogP contribution in [0, 0.1) is 0 Å². The molecule has 1 aliphatic rings. The molecule has 1 N–H and O–H groups in total. The van der Waals surface area contributed by atoms with Crippen LogP contribution in [0.3, 0.4) is 0 Å². The van der Waals surface area contributed by atoms with Crippen molar-refractivity contribution in [2.45, 2.75) is 39.2 Å². The molecule has 0 bridgehead atoms. The van der Waals surface area contributed by atoms with E-state index in [0.29, 0.717) is 0 Å². The highest BCUT2D eigenvalue weighted by atomic mass is 79.9. The lowest BCUT2D eigenvalue weighted by Crippen LogP contribution is -2.24. The van der Waals surface area contributed by atoms with Crippen LogP contribution in [0.25, 0.3) is 0 Å². The first-order chi connectivity index (χ1) is 10.3. The zero-order valence-corrected chi connectivity index (χ0v) is 14.6. The molecule has 0 spiro atoms. The summed E-state index contributed by atoms with van der Waals surface area (Å²) in [7, 11) is 0. The van der Waals surface area contributed by atoms with E-state index >= 15 is 0 Å². The van der Waals surface area contributed by atoms with Gasteiger partial charge in [0.1, 0.15) is 5.75 Å². The van der Waals surface area contributed by atoms with E-state index in [-0.39, 0.29) is 0 Å². The normalized spacial score (nSPS) is 15.5. The molecule has 1 aliphatic heterocycles. The van der Waals surface area contributed by atoms with Crippen molar-refractivity contribution in [3.63, 3.8) is 0 Å². The van der Waals surface area contributed by atoms with E-state index in [1.165, 1.54) is 44.5 Å². The third-order valence-electron chi connectivity index (χ3n) is 3.83. The van der Waals surface area contributed by atoms with Crippen LogP contribution in [-0.2, 0) is 6.54 Å². The molecule has 0 unspecified atom stereocenters. The van der Waals surface area contributed by atoms with Gasteiger partial charge >= 0.3 is 0 Å². The van der Waals surface area contributed by atoms with Crippen LogP contribution in [0.15, 0.2) is 22.7 Å². The summed E-state index contributed by atoms with van der Waals surface area (Å²) in [5.74, 6) is 1.01. The lowest BCUT2D eigenvalue weighted by molar-refractivity contribution is 0.312. The van der Waals surface area contributed by atoms with Crippen molar-refractivity contribution in [1.29, 1.82) is 0 Å². The Balaban J connectivity index is 1.72. The number of hydrogen-bond donors (Lipinski definition) is 1. The second-order valence-electron chi connectivity index (χ2n) is 5.68. The Morgan fingerprint density at radius 3 is 2.86 bits per heavy atom. The Hall–Kier alpha value is -0.580. The third-order valence-corrected chi connectivity index (χ3v) is 4.32. The van der Waals surface area contributed by atoms with Crippen molar-refractivity contribution in [3.05, 3.63) is 28.2 Å². The number of nitrogens with one attached hydrogen (secondary N) is 1. The molecule has 1 saturated heterocycles. The number of nitrogens with zero attached hydrogens (tertiary/aromatic N) is 1. The summed E-state index contributed by atoms with van der Waals surface area (Å²) in [4.78, 5) is 2.57. The highest BCUT2D eigenvalue weighted by molar-refractivity contribution is 9.10. The quantitative estimate of drug-likeness (QED) is 0.682. The fourth-order valence-corrected chi connectivity index (χ4v) is 3.10. The summed E-state index contributed by atoms with van der Waals surface area (Å²) in [6.07, 6.45) is 5.02. The molecule has 0 aromatic heterocycles. The van der Waals surface area contributed by atoms with E-state index in [9.17, 15) is 0 Å². The minimum absolute atomic E-state index is 0.781. The molecule has 21 heavy (non-hydrogen) atoms. The summed E-state index contributed by atoms with van der Waals surface area (Å²) in [5, 5.41) is 3.54. The molecule has 1 heterocycles. The number of benzene rings is 1. The van der Waals surface area contributed by atoms with Gasteiger partial charge in [-0.1, -0.05) is 22.9 Å². The van der Waals surface area contributed by atoms with E-state index < -0.39 is 0 Å². The topological polar surface area (TPSA) is 24.5 Å². The summed E-state index contributed by atoms with van der Waals surface area (Å²) in [6, 6.07) is 6.25. The predicted molar refractivity (Wildman–Crippen MR) is 91.9 cm³/mol. The molecule has 0 amide bonds. The first kappa shape index (κ1) is 16.8. The first-order valence-electron chi connectivity index (χ1n) is 8.14. The van der Waals surface area contributed by atoms with Gasteiger partial charge in [-0.3, -0.25) is 0 Å². The molecular formula is C17H27BrN2O. The van der Waals surface area contributed by atoms with E-state index in [1.807, 2.05) is 6.07 Å². The SMILES string of the molecule is CCCOc1ccc(Br)cc1CNCCCN1CCCC1. The lowest BCUT2D eigenvalue weighted by atomic mass is 10.2. The molecule has 2 rings (SSSR count). The second kappa shape index (κ2) is 9.44. The van der Waals surface area contributed by atoms with Crippen LogP contribution >= 0.6 is 15.9 Å². The van der Waals surface area contributed by atoms with Crippen molar-refractivity contribution in [2.24, 2.45) is 0 Å². The number of likely N-dealkylation sites (tertiary alicyclic amines) is 1. The maximum atomic E-state index is 5.81. The van der Waals surface area contributed by atoms with Gasteiger partial charge in [0.25, 0.3) is 0 Å². The van der Waals surface area contributed by atoms with Crippen LogP contribution in [0.5, 0.6) is 5.75 Å². The van der Waals surface area contributed by atoms with E-state index in [1.54, 1.807) is 0 Å². The van der Waals surface area contributed by atoms with Crippen molar-refractivity contribution in [2.75, 3.05) is 32.8 Å². The average Bonchev–Trinajstić information content (AvgIpc) is 2.99. The van der Waals surface area contributed by atoms with E-state index in [0.717, 1.165) is 36.3 Å². The number of hydrogen-bond acceptors (Lipinski definition) is 3. The Morgan fingerprint density at radius 1 is 1.29 bits per heavy atom. The molecule has 118 valence electrons. The first-order valence-corrected chi connectivity index (χ1v) is 8.93. The Labute approximate surface area is 137 Å². The van der Waals surface area contributed by atoms with Gasteiger partial charge < -0.3 is 15.0 Å². The minimum Gasteiger partial charge on any atom is -0.493 e. The van der Waals surface area contributed by atoms with Crippen molar-refractivity contribution < 1.29 is 4.74 Å². The monoisotopic (exact) mass is 354 g/mol. The van der Waals surface area contributed by atoms with Crippen LogP contribution in [0.4, 0.5) is 0 Å². The van der Waals surface area contributed by atoms with Crippen molar-refractivity contribution in [3.8, 4) is 5.75 Å². The minimum atomic E-state index is 0.781. The van der Waals surface area contributed by atoms with Gasteiger partial charge in [0.05, 0.1) is 6.61 Å². The molecule has 3 nitrogen and oxygen atoms in total. The predicted octanol–water partition coefficient (Wildman–Crippen LogP) is 3.81. The average molecular weight is 355 g/mol. The fourth-order valence-electron chi connectivity index (χ4n) is 2.70. The molecule has 1 fully saturated rings. The molecule has 1 aromatic carbocycles. The van der Waals surface area contributed by atoms with Crippen molar-refractivity contribution in [1.82, 2.24) is 10.2 Å². The van der Waals surface area contributed by atoms with Crippen LogP contribution < -0.4 is 10.1 Å². The molecule has 0 atom stereocenters. The largest absolute Gasteiger partial charge is 0.493 e. The summed E-state index contributed by atoms with van der Waals surface area (Å²) >= 11 is 3.54. The van der Waals surface area contributed by atoms with Crippen molar-refractivity contribution >= 4 is 15.9 Å². The van der Waals surface area contributed by atoms with Gasteiger partial charge in [-0.25, -0.2) is 0 Å². The standard InChI is InChI=1S/C17H27BrN2O/c1-2-12-21-17-7-6-16(18)13-15(17)14-19-8-5-11-20-9-3-4-10-20/h6-7,13,19H,2-5,8-12,14H2,1H3. The maximum absolute atomic E-state index is 5.81. The summed E-state index contributed by atoms with van der Waals surface area (Å²) in [6.45, 7) is 8.67. The van der Waals surface area contributed by atoms with Gasteiger partial charge in [0, 0.05) is 16.6 Å². The summed E-state index contributed by atoms with van der Waals surface area (Å²) in [5.41, 5.74) is 1.24. The van der Waals surface area contributed by atoms with Gasteiger partial charge in [-0.05, 0) is 70.1 Å². The van der Waals surface area contributed by atoms with Crippen LogP contribution in [0.2, 0.25) is 0 Å². The lowest BCUT2D eigenvalue weighted by Gasteiger charge is -2.15.